The summed E-state index contributed by atoms with van der Waals surface area (Å²) in [7, 11) is 0. The first-order valence-electron chi connectivity index (χ1n) is 6.26. The fourth-order valence-corrected chi connectivity index (χ4v) is 3.93. The van der Waals surface area contributed by atoms with Gasteiger partial charge in [-0.3, -0.25) is 0 Å². The van der Waals surface area contributed by atoms with Gasteiger partial charge < -0.3 is 0 Å². The third-order valence-corrected chi connectivity index (χ3v) is 4.92. The third-order valence-electron chi connectivity index (χ3n) is 2.60. The van der Waals surface area contributed by atoms with Gasteiger partial charge in [-0.1, -0.05) is 0 Å². The van der Waals surface area contributed by atoms with E-state index in [9.17, 15) is 4.79 Å². The van der Waals surface area contributed by atoms with E-state index >= 15 is 0 Å². The molecule has 0 saturated carbocycles. The molecule has 18 heavy (non-hydrogen) atoms. The van der Waals surface area contributed by atoms with E-state index in [0.717, 1.165) is 16.8 Å². The maximum atomic E-state index is 12.0. The second-order valence-electron chi connectivity index (χ2n) is 5.67. The first-order chi connectivity index (χ1) is 8.20. The molecule has 0 aromatic heterocycles. The quantitative estimate of drug-likeness (QED) is 0.840. The number of rotatable bonds is 4. The zero-order valence-electron chi connectivity index (χ0n) is 12.1. The van der Waals surface area contributed by atoms with Gasteiger partial charge in [0.1, 0.15) is 0 Å². The van der Waals surface area contributed by atoms with E-state index in [1.165, 1.54) is 0 Å². The van der Waals surface area contributed by atoms with Gasteiger partial charge in [-0.15, -0.1) is 0 Å². The number of carbonyl (C=O) groups is 1. The fraction of sp³-hybridized carbons (Fsp3) is 0.500. The Bertz CT molecular complexity index is 418. The van der Waals surface area contributed by atoms with E-state index in [2.05, 4.69) is 20.1 Å². The molecule has 0 aliphatic heterocycles. The van der Waals surface area contributed by atoms with Crippen LogP contribution in [0, 0.1) is 13.8 Å². The average molecular weight is 356 g/mol. The first-order valence-corrected chi connectivity index (χ1v) is 16.0. The summed E-state index contributed by atoms with van der Waals surface area (Å²) in [6, 6.07) is 5.79. The Morgan fingerprint density at radius 3 is 2.17 bits per heavy atom. The van der Waals surface area contributed by atoms with Crippen LogP contribution in [0.25, 0.3) is 0 Å². The van der Waals surface area contributed by atoms with Crippen molar-refractivity contribution in [2.75, 3.05) is 5.32 Å². The van der Waals surface area contributed by atoms with Crippen molar-refractivity contribution in [3.05, 3.63) is 29.3 Å². The average Bonchev–Trinajstić information content (AvgIpc) is 2.21. The molecule has 1 rings (SSSR count). The molecule has 0 aliphatic carbocycles. The number of hydrogen-bond donors (Lipinski definition) is 1. The van der Waals surface area contributed by atoms with E-state index in [4.69, 9.17) is 3.07 Å². The van der Waals surface area contributed by atoms with Crippen LogP contribution in [0.3, 0.4) is 0 Å². The van der Waals surface area contributed by atoms with Crippen molar-refractivity contribution in [2.24, 2.45) is 0 Å². The van der Waals surface area contributed by atoms with Gasteiger partial charge in [0.05, 0.1) is 0 Å². The molecule has 1 aromatic carbocycles. The number of nitrogens with one attached hydrogen (secondary N) is 1. The Kier molecular flexibility index (Phi) is 5.08. The molecule has 0 fully saturated rings. The summed E-state index contributed by atoms with van der Waals surface area (Å²) in [5.41, 5.74) is 3.33. The normalized spacial score (nSPS) is 13.0. The topological polar surface area (TPSA) is 38.3 Å². The molecule has 0 radical (unpaired) electrons. The van der Waals surface area contributed by atoms with E-state index in [0.29, 0.717) is 0 Å². The van der Waals surface area contributed by atoms with E-state index in [1.807, 2.05) is 39.0 Å². The molecule has 0 aliphatic rings. The van der Waals surface area contributed by atoms with Gasteiger partial charge in [-0.25, -0.2) is 0 Å². The number of carbonyl (C=O) groups excluding carboxylic acids is 1. The summed E-state index contributed by atoms with van der Waals surface area (Å²) < 4.78 is 5.56. The standard InChI is InChI=1S/C11H15NO2.3CH3.Sn/c1-7-5-4-6-8(2)10(7)12-9(3)11(13)14;;;;/h4-6,9,12H,1-3H3,(H,13,14);3*1H3;/q;;;;+1/p-1. The van der Waals surface area contributed by atoms with Crippen LogP contribution in [0.4, 0.5) is 5.69 Å². The van der Waals surface area contributed by atoms with Gasteiger partial charge in [0, 0.05) is 0 Å². The van der Waals surface area contributed by atoms with Crippen molar-refractivity contribution >= 4 is 30.4 Å². The van der Waals surface area contributed by atoms with Gasteiger partial charge in [0.15, 0.2) is 0 Å². The minimum absolute atomic E-state index is 0.138. The number of para-hydroxylation sites is 1. The van der Waals surface area contributed by atoms with Crippen molar-refractivity contribution in [1.82, 2.24) is 0 Å². The maximum absolute atomic E-state index is 12.0. The molecule has 1 atom stereocenters. The summed E-state index contributed by atoms with van der Waals surface area (Å²) >= 11 is -2.52. The van der Waals surface area contributed by atoms with E-state index in [-0.39, 0.29) is 12.0 Å². The zero-order chi connectivity index (χ0) is 13.9. The van der Waals surface area contributed by atoms with Crippen LogP contribution < -0.4 is 5.32 Å². The predicted octanol–water partition coefficient (Wildman–Crippen LogP) is 3.48. The van der Waals surface area contributed by atoms with Crippen LogP contribution in [-0.2, 0) is 7.87 Å². The number of aryl methyl sites for hydroxylation is 2. The predicted molar refractivity (Wildman–Crippen MR) is 78.4 cm³/mol. The Balaban J connectivity index is 2.76. The first kappa shape index (κ1) is 15.3. The summed E-state index contributed by atoms with van der Waals surface area (Å²) in [6.45, 7) is 5.93. The molecule has 100 valence electrons. The molecule has 4 heteroatoms. The summed E-state index contributed by atoms with van der Waals surface area (Å²) in [4.78, 5) is 18.2. The number of benzene rings is 1. The van der Waals surface area contributed by atoms with Crippen LogP contribution >= 0.6 is 0 Å². The second-order valence-corrected chi connectivity index (χ2v) is 18.3. The molecule has 0 heterocycles. The summed E-state index contributed by atoms with van der Waals surface area (Å²) in [5.74, 6) is -0.138. The minimum atomic E-state index is -2.52. The summed E-state index contributed by atoms with van der Waals surface area (Å²) in [6.07, 6.45) is 0. The molecule has 0 saturated heterocycles. The van der Waals surface area contributed by atoms with Crippen LogP contribution in [0.1, 0.15) is 18.1 Å². The molecule has 1 N–H and O–H groups in total. The molecular weight excluding hydrogens is 333 g/mol. The Hall–Kier alpha value is -0.711. The van der Waals surface area contributed by atoms with Crippen molar-refractivity contribution < 1.29 is 7.87 Å². The molecule has 1 unspecified atom stereocenters. The molecule has 0 bridgehead atoms. The van der Waals surface area contributed by atoms with Gasteiger partial charge in [0.25, 0.3) is 0 Å². The molecule has 0 spiro atoms. The van der Waals surface area contributed by atoms with E-state index in [1.54, 1.807) is 0 Å². The van der Waals surface area contributed by atoms with Gasteiger partial charge in [0.2, 0.25) is 0 Å². The monoisotopic (exact) mass is 357 g/mol. The van der Waals surface area contributed by atoms with E-state index < -0.39 is 18.8 Å². The number of anilines is 1. The second kappa shape index (κ2) is 5.95. The van der Waals surface area contributed by atoms with Gasteiger partial charge in [-0.05, 0) is 0 Å². The van der Waals surface area contributed by atoms with Crippen LogP contribution in [0.5, 0.6) is 0 Å². The summed E-state index contributed by atoms with van der Waals surface area (Å²) in [5, 5.41) is 3.26. The van der Waals surface area contributed by atoms with Crippen LogP contribution in [-0.4, -0.2) is 30.8 Å². The Morgan fingerprint density at radius 1 is 1.22 bits per heavy atom. The van der Waals surface area contributed by atoms with Gasteiger partial charge in [-0.2, -0.15) is 0 Å². The molecule has 0 amide bonds. The zero-order valence-corrected chi connectivity index (χ0v) is 15.0. The third kappa shape index (κ3) is 4.52. The molecule has 3 nitrogen and oxygen atoms in total. The van der Waals surface area contributed by atoms with Crippen LogP contribution in [0.2, 0.25) is 14.8 Å². The van der Waals surface area contributed by atoms with Gasteiger partial charge >= 0.3 is 115 Å². The SMILES string of the molecule is Cc1cccc(C)c1NC(C)C(=O)[O][Sn]([CH3])([CH3])[CH3]. The molecular formula is C14H23NO2Sn. The van der Waals surface area contributed by atoms with Crippen molar-refractivity contribution in [3.8, 4) is 0 Å². The number of hydrogen-bond acceptors (Lipinski definition) is 3. The van der Waals surface area contributed by atoms with Crippen molar-refractivity contribution in [3.63, 3.8) is 0 Å². The van der Waals surface area contributed by atoms with Crippen molar-refractivity contribution in [1.29, 1.82) is 0 Å². The Morgan fingerprint density at radius 2 is 1.72 bits per heavy atom. The van der Waals surface area contributed by atoms with Crippen LogP contribution in [0.15, 0.2) is 18.2 Å². The Labute approximate surface area is 114 Å². The van der Waals surface area contributed by atoms with Crippen molar-refractivity contribution in [2.45, 2.75) is 41.6 Å². The fourth-order valence-electron chi connectivity index (χ4n) is 1.71. The molecule has 1 aromatic rings.